The maximum absolute atomic E-state index is 12.8. The lowest BCUT2D eigenvalue weighted by Gasteiger charge is -2.09. The van der Waals surface area contributed by atoms with Gasteiger partial charge in [0.25, 0.3) is 0 Å². The summed E-state index contributed by atoms with van der Waals surface area (Å²) < 4.78 is 5.97. The zero-order chi connectivity index (χ0) is 21.8. The highest BCUT2D eigenvalue weighted by molar-refractivity contribution is 6.09. The Bertz CT molecular complexity index is 1140. The van der Waals surface area contributed by atoms with E-state index in [4.69, 9.17) is 4.74 Å². The van der Waals surface area contributed by atoms with Crippen LogP contribution in [0.4, 0.5) is 0 Å². The molecule has 0 atom stereocenters. The van der Waals surface area contributed by atoms with Gasteiger partial charge in [-0.05, 0) is 38.1 Å². The van der Waals surface area contributed by atoms with Crippen molar-refractivity contribution in [3.63, 3.8) is 0 Å². The monoisotopic (exact) mass is 406 g/mol. The van der Waals surface area contributed by atoms with E-state index in [1.54, 1.807) is 48.5 Å². The summed E-state index contributed by atoms with van der Waals surface area (Å²) in [4.78, 5) is 25.6. The van der Waals surface area contributed by atoms with E-state index >= 15 is 0 Å². The molecular weight excluding hydrogens is 384 g/mol. The fourth-order valence-electron chi connectivity index (χ4n) is 3.28. The van der Waals surface area contributed by atoms with Crippen molar-refractivity contribution in [3.05, 3.63) is 130 Å². The Labute approximate surface area is 181 Å². The summed E-state index contributed by atoms with van der Waals surface area (Å²) in [5, 5.41) is 0. The van der Waals surface area contributed by atoms with E-state index in [0.717, 1.165) is 11.1 Å². The predicted octanol–water partition coefficient (Wildman–Crippen LogP) is 6.56. The minimum Gasteiger partial charge on any atom is -0.457 e. The van der Waals surface area contributed by atoms with E-state index in [2.05, 4.69) is 0 Å². The highest BCUT2D eigenvalue weighted by Gasteiger charge is 2.12. The first kappa shape index (κ1) is 20.3. The van der Waals surface area contributed by atoms with Crippen LogP contribution in [0.15, 0.2) is 97.1 Å². The highest BCUT2D eigenvalue weighted by atomic mass is 16.5. The fraction of sp³-hybridized carbons (Fsp3) is 0.0714. The average Bonchev–Trinajstić information content (AvgIpc) is 2.79. The van der Waals surface area contributed by atoms with Crippen molar-refractivity contribution in [1.29, 1.82) is 0 Å². The molecule has 4 rings (SSSR count). The molecule has 0 aliphatic heterocycles. The lowest BCUT2D eigenvalue weighted by atomic mass is 10.0. The third-order valence-corrected chi connectivity index (χ3v) is 5.06. The molecule has 31 heavy (non-hydrogen) atoms. The summed E-state index contributed by atoms with van der Waals surface area (Å²) in [6.07, 6.45) is 0. The van der Waals surface area contributed by atoms with Crippen LogP contribution in [0.1, 0.15) is 43.0 Å². The van der Waals surface area contributed by atoms with Gasteiger partial charge in [0, 0.05) is 22.3 Å². The number of aryl methyl sites for hydroxylation is 2. The fourth-order valence-corrected chi connectivity index (χ4v) is 3.28. The number of carbonyl (C=O) groups excluding carboxylic acids is 2. The minimum atomic E-state index is -0.0613. The van der Waals surface area contributed by atoms with Gasteiger partial charge < -0.3 is 4.74 Å². The van der Waals surface area contributed by atoms with Crippen LogP contribution in [0.3, 0.4) is 0 Å². The number of rotatable bonds is 6. The van der Waals surface area contributed by atoms with Crippen LogP contribution in [0.5, 0.6) is 11.5 Å². The summed E-state index contributed by atoms with van der Waals surface area (Å²) in [5.74, 6) is 0.957. The molecule has 0 fully saturated rings. The van der Waals surface area contributed by atoms with Crippen molar-refractivity contribution in [2.75, 3.05) is 0 Å². The number of benzene rings is 4. The van der Waals surface area contributed by atoms with Gasteiger partial charge in [0.1, 0.15) is 11.5 Å². The van der Waals surface area contributed by atoms with E-state index in [1.807, 2.05) is 62.4 Å². The first-order valence-electron chi connectivity index (χ1n) is 10.1. The molecule has 4 aromatic rings. The Kier molecular flexibility index (Phi) is 5.76. The van der Waals surface area contributed by atoms with Gasteiger partial charge >= 0.3 is 0 Å². The van der Waals surface area contributed by atoms with Gasteiger partial charge in [-0.1, -0.05) is 83.9 Å². The van der Waals surface area contributed by atoms with Crippen molar-refractivity contribution >= 4 is 11.6 Å². The number of ether oxygens (including phenoxy) is 1. The molecule has 0 spiro atoms. The van der Waals surface area contributed by atoms with Gasteiger partial charge in [0.2, 0.25) is 0 Å². The predicted molar refractivity (Wildman–Crippen MR) is 122 cm³/mol. The summed E-state index contributed by atoms with van der Waals surface area (Å²) in [6.45, 7) is 3.97. The quantitative estimate of drug-likeness (QED) is 0.341. The molecule has 0 radical (unpaired) electrons. The molecule has 0 aliphatic rings. The summed E-state index contributed by atoms with van der Waals surface area (Å²) >= 11 is 0. The third kappa shape index (κ3) is 4.78. The maximum Gasteiger partial charge on any atom is 0.193 e. The van der Waals surface area contributed by atoms with Crippen molar-refractivity contribution in [1.82, 2.24) is 0 Å². The van der Waals surface area contributed by atoms with Crippen molar-refractivity contribution in [2.24, 2.45) is 0 Å². The van der Waals surface area contributed by atoms with E-state index in [-0.39, 0.29) is 11.6 Å². The molecule has 4 aromatic carbocycles. The maximum atomic E-state index is 12.8. The molecule has 0 aromatic heterocycles. The minimum absolute atomic E-state index is 0.0613. The average molecular weight is 406 g/mol. The van der Waals surface area contributed by atoms with Gasteiger partial charge in [-0.3, -0.25) is 9.59 Å². The SMILES string of the molecule is Cc1ccc(C(=O)c2cccc(Oc3cccc(C(=O)c4ccc(C)cc4)c3)c2)cc1. The van der Waals surface area contributed by atoms with E-state index < -0.39 is 0 Å². The van der Waals surface area contributed by atoms with Gasteiger partial charge in [-0.25, -0.2) is 0 Å². The van der Waals surface area contributed by atoms with Crippen LogP contribution in [-0.4, -0.2) is 11.6 Å². The number of carbonyl (C=O) groups is 2. The standard InChI is InChI=1S/C28H22O3/c1-19-9-13-21(14-10-19)27(29)23-5-3-7-25(17-23)31-26-8-4-6-24(18-26)28(30)22-15-11-20(2)12-16-22/h3-18H,1-2H3. The number of ketones is 2. The zero-order valence-corrected chi connectivity index (χ0v) is 17.5. The van der Waals surface area contributed by atoms with E-state index in [9.17, 15) is 9.59 Å². The summed E-state index contributed by atoms with van der Waals surface area (Å²) in [6, 6.07) is 29.1. The Morgan fingerprint density at radius 1 is 0.516 bits per heavy atom. The van der Waals surface area contributed by atoms with Gasteiger partial charge in [-0.2, -0.15) is 0 Å². The molecule has 0 amide bonds. The third-order valence-electron chi connectivity index (χ3n) is 5.06. The van der Waals surface area contributed by atoms with Gasteiger partial charge in [-0.15, -0.1) is 0 Å². The number of hydrogen-bond donors (Lipinski definition) is 0. The molecular formula is C28H22O3. The Morgan fingerprint density at radius 2 is 0.903 bits per heavy atom. The Hall–Kier alpha value is -3.98. The molecule has 0 unspecified atom stereocenters. The van der Waals surface area contributed by atoms with Crippen molar-refractivity contribution in [3.8, 4) is 11.5 Å². The van der Waals surface area contributed by atoms with Crippen LogP contribution >= 0.6 is 0 Å². The molecule has 0 saturated heterocycles. The second-order valence-electron chi connectivity index (χ2n) is 7.55. The summed E-state index contributed by atoms with van der Waals surface area (Å²) in [7, 11) is 0. The zero-order valence-electron chi connectivity index (χ0n) is 17.5. The lowest BCUT2D eigenvalue weighted by Crippen LogP contribution is -2.02. The molecule has 0 N–H and O–H groups in total. The van der Waals surface area contributed by atoms with Crippen LogP contribution < -0.4 is 4.74 Å². The summed E-state index contributed by atoms with van der Waals surface area (Å²) in [5.41, 5.74) is 4.57. The highest BCUT2D eigenvalue weighted by Crippen LogP contribution is 2.25. The molecule has 0 heterocycles. The molecule has 0 saturated carbocycles. The van der Waals surface area contributed by atoms with Crippen molar-refractivity contribution in [2.45, 2.75) is 13.8 Å². The largest absolute Gasteiger partial charge is 0.457 e. The lowest BCUT2D eigenvalue weighted by molar-refractivity contribution is 0.103. The smallest absolute Gasteiger partial charge is 0.193 e. The van der Waals surface area contributed by atoms with Crippen molar-refractivity contribution < 1.29 is 14.3 Å². The molecule has 152 valence electrons. The molecule has 0 bridgehead atoms. The van der Waals surface area contributed by atoms with E-state index in [0.29, 0.717) is 33.8 Å². The first-order valence-corrected chi connectivity index (χ1v) is 10.1. The first-order chi connectivity index (χ1) is 15.0. The Morgan fingerprint density at radius 3 is 1.29 bits per heavy atom. The second-order valence-corrected chi connectivity index (χ2v) is 7.55. The second kappa shape index (κ2) is 8.80. The topological polar surface area (TPSA) is 43.4 Å². The van der Waals surface area contributed by atoms with Crippen LogP contribution in [0.2, 0.25) is 0 Å². The van der Waals surface area contributed by atoms with E-state index in [1.165, 1.54) is 0 Å². The van der Waals surface area contributed by atoms with Gasteiger partial charge in [0.05, 0.1) is 0 Å². The van der Waals surface area contributed by atoms with Crippen LogP contribution in [-0.2, 0) is 0 Å². The normalized spacial score (nSPS) is 10.5. The van der Waals surface area contributed by atoms with Gasteiger partial charge in [0.15, 0.2) is 11.6 Å². The number of hydrogen-bond acceptors (Lipinski definition) is 3. The van der Waals surface area contributed by atoms with Crippen LogP contribution in [0.25, 0.3) is 0 Å². The molecule has 0 aliphatic carbocycles. The van der Waals surface area contributed by atoms with Crippen LogP contribution in [0, 0.1) is 13.8 Å². The molecule has 3 nitrogen and oxygen atoms in total. The molecule has 3 heteroatoms. The Balaban J connectivity index is 1.54.